The van der Waals surface area contributed by atoms with E-state index >= 15 is 0 Å². The molecular weight excluding hydrogens is 186 g/mol. The first kappa shape index (κ1) is 12.2. The SMILES string of the molecule is CCCC[C@H](CO)NCc1ccccc1. The maximum absolute atomic E-state index is 9.17. The van der Waals surface area contributed by atoms with Crippen LogP contribution < -0.4 is 5.32 Å². The van der Waals surface area contributed by atoms with Crippen molar-refractivity contribution in [3.8, 4) is 0 Å². The summed E-state index contributed by atoms with van der Waals surface area (Å²) in [6, 6.07) is 10.5. The highest BCUT2D eigenvalue weighted by Crippen LogP contribution is 2.02. The molecule has 0 aliphatic carbocycles. The van der Waals surface area contributed by atoms with E-state index in [1.54, 1.807) is 0 Å². The van der Waals surface area contributed by atoms with Crippen molar-refractivity contribution in [2.75, 3.05) is 6.61 Å². The number of nitrogens with one attached hydrogen (secondary N) is 1. The first-order valence-corrected chi connectivity index (χ1v) is 5.75. The van der Waals surface area contributed by atoms with Crippen LogP contribution in [0.25, 0.3) is 0 Å². The van der Waals surface area contributed by atoms with Crippen LogP contribution in [-0.2, 0) is 6.54 Å². The van der Waals surface area contributed by atoms with Gasteiger partial charge < -0.3 is 10.4 Å². The largest absolute Gasteiger partial charge is 0.395 e. The average Bonchev–Trinajstić information content (AvgIpc) is 2.31. The molecule has 84 valence electrons. The molecule has 0 spiro atoms. The highest BCUT2D eigenvalue weighted by atomic mass is 16.3. The molecule has 15 heavy (non-hydrogen) atoms. The molecule has 1 aromatic rings. The zero-order valence-electron chi connectivity index (χ0n) is 9.45. The van der Waals surface area contributed by atoms with E-state index in [-0.39, 0.29) is 12.6 Å². The summed E-state index contributed by atoms with van der Waals surface area (Å²) in [6.45, 7) is 3.24. The van der Waals surface area contributed by atoms with Crippen molar-refractivity contribution < 1.29 is 5.11 Å². The standard InChI is InChI=1S/C13H21NO/c1-2-3-9-13(11-15)14-10-12-7-5-4-6-8-12/h4-8,13-15H,2-3,9-11H2,1H3/t13-/m1/s1. The molecule has 0 amide bonds. The summed E-state index contributed by atoms with van der Waals surface area (Å²) in [5, 5.41) is 12.5. The van der Waals surface area contributed by atoms with Gasteiger partial charge >= 0.3 is 0 Å². The zero-order valence-corrected chi connectivity index (χ0v) is 9.45. The van der Waals surface area contributed by atoms with Gasteiger partial charge in [-0.3, -0.25) is 0 Å². The molecule has 2 heteroatoms. The second kappa shape index (κ2) is 7.43. The minimum Gasteiger partial charge on any atom is -0.395 e. The fraction of sp³-hybridized carbons (Fsp3) is 0.538. The van der Waals surface area contributed by atoms with E-state index in [1.165, 1.54) is 18.4 Å². The van der Waals surface area contributed by atoms with Gasteiger partial charge in [0.15, 0.2) is 0 Å². The number of benzene rings is 1. The second-order valence-electron chi connectivity index (χ2n) is 3.89. The lowest BCUT2D eigenvalue weighted by Crippen LogP contribution is -2.31. The Balaban J connectivity index is 2.28. The molecule has 0 aliphatic rings. The lowest BCUT2D eigenvalue weighted by molar-refractivity contribution is 0.232. The Hall–Kier alpha value is -0.860. The molecule has 0 aromatic heterocycles. The Bertz CT molecular complexity index is 248. The summed E-state index contributed by atoms with van der Waals surface area (Å²) in [5.41, 5.74) is 1.27. The van der Waals surface area contributed by atoms with Gasteiger partial charge in [0.2, 0.25) is 0 Å². The van der Waals surface area contributed by atoms with Gasteiger partial charge in [-0.15, -0.1) is 0 Å². The zero-order chi connectivity index (χ0) is 10.9. The lowest BCUT2D eigenvalue weighted by Gasteiger charge is -2.15. The maximum atomic E-state index is 9.17. The molecule has 0 radical (unpaired) electrons. The smallest absolute Gasteiger partial charge is 0.0584 e. The monoisotopic (exact) mass is 207 g/mol. The highest BCUT2D eigenvalue weighted by Gasteiger charge is 2.05. The van der Waals surface area contributed by atoms with Crippen LogP contribution in [0.5, 0.6) is 0 Å². The summed E-state index contributed by atoms with van der Waals surface area (Å²) in [4.78, 5) is 0. The van der Waals surface area contributed by atoms with Crippen molar-refractivity contribution >= 4 is 0 Å². The molecule has 0 saturated carbocycles. The van der Waals surface area contributed by atoms with Crippen LogP contribution >= 0.6 is 0 Å². The molecular formula is C13H21NO. The topological polar surface area (TPSA) is 32.3 Å². The minimum atomic E-state index is 0.229. The van der Waals surface area contributed by atoms with Crippen LogP contribution in [0.2, 0.25) is 0 Å². The normalized spacial score (nSPS) is 12.7. The van der Waals surface area contributed by atoms with E-state index < -0.39 is 0 Å². The van der Waals surface area contributed by atoms with Crippen molar-refractivity contribution in [2.24, 2.45) is 0 Å². The van der Waals surface area contributed by atoms with Gasteiger partial charge in [0.25, 0.3) is 0 Å². The molecule has 0 aliphatic heterocycles. The molecule has 1 rings (SSSR count). The third-order valence-corrected chi connectivity index (χ3v) is 2.56. The van der Waals surface area contributed by atoms with Gasteiger partial charge in [-0.05, 0) is 12.0 Å². The predicted molar refractivity (Wildman–Crippen MR) is 63.7 cm³/mol. The van der Waals surface area contributed by atoms with Crippen molar-refractivity contribution in [1.29, 1.82) is 0 Å². The van der Waals surface area contributed by atoms with Gasteiger partial charge in [-0.25, -0.2) is 0 Å². The molecule has 0 heterocycles. The van der Waals surface area contributed by atoms with Crippen LogP contribution in [0.15, 0.2) is 30.3 Å². The fourth-order valence-electron chi connectivity index (χ4n) is 1.57. The van der Waals surface area contributed by atoms with Gasteiger partial charge in [-0.1, -0.05) is 50.1 Å². The third kappa shape index (κ3) is 4.96. The third-order valence-electron chi connectivity index (χ3n) is 2.56. The molecule has 0 unspecified atom stereocenters. The predicted octanol–water partition coefficient (Wildman–Crippen LogP) is 2.33. The van der Waals surface area contributed by atoms with E-state index in [2.05, 4.69) is 24.4 Å². The van der Waals surface area contributed by atoms with E-state index in [0.717, 1.165) is 13.0 Å². The number of aliphatic hydroxyl groups excluding tert-OH is 1. The second-order valence-corrected chi connectivity index (χ2v) is 3.89. The molecule has 2 N–H and O–H groups in total. The van der Waals surface area contributed by atoms with Crippen LogP contribution in [0, 0.1) is 0 Å². The molecule has 0 fully saturated rings. The van der Waals surface area contributed by atoms with E-state index in [1.807, 2.05) is 18.2 Å². The quantitative estimate of drug-likeness (QED) is 0.719. The van der Waals surface area contributed by atoms with E-state index in [9.17, 15) is 0 Å². The van der Waals surface area contributed by atoms with Crippen LogP contribution in [0.3, 0.4) is 0 Å². The fourth-order valence-corrected chi connectivity index (χ4v) is 1.57. The minimum absolute atomic E-state index is 0.229. The molecule has 2 nitrogen and oxygen atoms in total. The van der Waals surface area contributed by atoms with Crippen LogP contribution in [-0.4, -0.2) is 17.8 Å². The first-order valence-electron chi connectivity index (χ1n) is 5.75. The van der Waals surface area contributed by atoms with Gasteiger partial charge in [0, 0.05) is 12.6 Å². The summed E-state index contributed by atoms with van der Waals surface area (Å²) in [6.07, 6.45) is 3.41. The Morgan fingerprint density at radius 2 is 2.00 bits per heavy atom. The Morgan fingerprint density at radius 3 is 2.60 bits per heavy atom. The van der Waals surface area contributed by atoms with Crippen molar-refractivity contribution in [3.63, 3.8) is 0 Å². The van der Waals surface area contributed by atoms with Crippen molar-refractivity contribution in [3.05, 3.63) is 35.9 Å². The molecule has 1 atom stereocenters. The van der Waals surface area contributed by atoms with Gasteiger partial charge in [0.05, 0.1) is 6.61 Å². The Kier molecular flexibility index (Phi) is 6.05. The van der Waals surface area contributed by atoms with Crippen molar-refractivity contribution in [1.82, 2.24) is 5.32 Å². The number of unbranched alkanes of at least 4 members (excludes halogenated alkanes) is 1. The van der Waals surface area contributed by atoms with Gasteiger partial charge in [0.1, 0.15) is 0 Å². The Labute approximate surface area is 92.3 Å². The summed E-state index contributed by atoms with van der Waals surface area (Å²) in [7, 11) is 0. The number of hydrogen-bond acceptors (Lipinski definition) is 2. The number of aliphatic hydroxyl groups is 1. The highest BCUT2D eigenvalue weighted by molar-refractivity contribution is 5.14. The molecule has 1 aromatic carbocycles. The van der Waals surface area contributed by atoms with Crippen LogP contribution in [0.4, 0.5) is 0 Å². The number of hydrogen-bond donors (Lipinski definition) is 2. The molecule has 0 bridgehead atoms. The first-order chi connectivity index (χ1) is 7.36. The summed E-state index contributed by atoms with van der Waals surface area (Å²) < 4.78 is 0. The summed E-state index contributed by atoms with van der Waals surface area (Å²) >= 11 is 0. The maximum Gasteiger partial charge on any atom is 0.0584 e. The Morgan fingerprint density at radius 1 is 1.27 bits per heavy atom. The molecule has 0 saturated heterocycles. The van der Waals surface area contributed by atoms with Gasteiger partial charge in [-0.2, -0.15) is 0 Å². The van der Waals surface area contributed by atoms with Crippen LogP contribution in [0.1, 0.15) is 31.7 Å². The average molecular weight is 207 g/mol. The lowest BCUT2D eigenvalue weighted by atomic mass is 10.1. The van der Waals surface area contributed by atoms with E-state index in [4.69, 9.17) is 5.11 Å². The summed E-state index contributed by atoms with van der Waals surface area (Å²) in [5.74, 6) is 0. The van der Waals surface area contributed by atoms with E-state index in [0.29, 0.717) is 0 Å². The van der Waals surface area contributed by atoms with Crippen molar-refractivity contribution in [2.45, 2.75) is 38.8 Å². The number of rotatable bonds is 7.